The molecule has 2 aromatic carbocycles. The number of carbonyl (C=O) groups excluding carboxylic acids is 2. The Kier molecular flexibility index (Phi) is 5.03. The van der Waals surface area contributed by atoms with Gasteiger partial charge in [0.05, 0.1) is 17.8 Å². The molecule has 148 valence electrons. The normalized spacial score (nSPS) is 16.7. The van der Waals surface area contributed by atoms with Gasteiger partial charge in [-0.2, -0.15) is 0 Å². The first-order valence-corrected chi connectivity index (χ1v) is 9.68. The van der Waals surface area contributed by atoms with Crippen LogP contribution in [0.2, 0.25) is 0 Å². The summed E-state index contributed by atoms with van der Waals surface area (Å²) in [5, 5.41) is 13.6. The van der Waals surface area contributed by atoms with Crippen molar-refractivity contribution in [2.45, 2.75) is 26.5 Å². The van der Waals surface area contributed by atoms with Crippen molar-refractivity contribution < 1.29 is 14.7 Å². The summed E-state index contributed by atoms with van der Waals surface area (Å²) in [6, 6.07) is 14.7. The van der Waals surface area contributed by atoms with Crippen molar-refractivity contribution in [3.8, 4) is 11.3 Å². The van der Waals surface area contributed by atoms with Gasteiger partial charge in [-0.25, -0.2) is 4.98 Å². The van der Waals surface area contributed by atoms with Gasteiger partial charge >= 0.3 is 0 Å². The van der Waals surface area contributed by atoms with Gasteiger partial charge in [0.2, 0.25) is 5.91 Å². The van der Waals surface area contributed by atoms with E-state index in [1.807, 2.05) is 43.3 Å². The van der Waals surface area contributed by atoms with Crippen LogP contribution >= 0.6 is 0 Å². The number of benzene rings is 2. The molecule has 2 N–H and O–H groups in total. The minimum absolute atomic E-state index is 0.118. The average molecular weight is 389 g/mol. The van der Waals surface area contributed by atoms with Gasteiger partial charge in [-0.1, -0.05) is 24.3 Å². The number of nitrogens with one attached hydrogen (secondary N) is 1. The molecular formula is C23H23N3O3. The number of pyridine rings is 1. The molecule has 2 amide bonds. The molecule has 2 heterocycles. The molecule has 3 aromatic rings. The van der Waals surface area contributed by atoms with Gasteiger partial charge < -0.3 is 15.3 Å². The molecule has 1 aliphatic heterocycles. The zero-order chi connectivity index (χ0) is 20.5. The quantitative estimate of drug-likeness (QED) is 0.722. The second-order valence-electron chi connectivity index (χ2n) is 7.39. The first kappa shape index (κ1) is 19.1. The standard InChI is InChI=1S/C23H23N3O3/c1-14-3-4-18-12-19(13-27)21(25-20(18)11-14)16-5-7-17(8-6-16)23(29)26-10-9-24-22(28)15(26)2/h3-8,11-12,15,27H,9-10,13H2,1-2H3,(H,24,28)/t15-/m0/s1. The number of hydrogen-bond donors (Lipinski definition) is 2. The fraction of sp³-hybridized carbons (Fsp3) is 0.261. The Hall–Kier alpha value is -3.25. The Labute approximate surface area is 169 Å². The van der Waals surface area contributed by atoms with Gasteiger partial charge in [0, 0.05) is 35.2 Å². The molecule has 0 spiro atoms. The van der Waals surface area contributed by atoms with Crippen molar-refractivity contribution in [2.24, 2.45) is 0 Å². The van der Waals surface area contributed by atoms with Crippen LogP contribution in [0.25, 0.3) is 22.2 Å². The molecular weight excluding hydrogens is 366 g/mol. The number of aryl methyl sites for hydroxylation is 1. The van der Waals surface area contributed by atoms with E-state index in [0.717, 1.165) is 27.6 Å². The molecule has 0 unspecified atom stereocenters. The number of rotatable bonds is 3. The third-order valence-corrected chi connectivity index (χ3v) is 5.39. The topological polar surface area (TPSA) is 82.5 Å². The third kappa shape index (κ3) is 3.59. The predicted molar refractivity (Wildman–Crippen MR) is 111 cm³/mol. The van der Waals surface area contributed by atoms with Gasteiger partial charge in [0.15, 0.2) is 0 Å². The van der Waals surface area contributed by atoms with Crippen LogP contribution in [0.1, 0.15) is 28.4 Å². The molecule has 6 heteroatoms. The molecule has 0 aliphatic carbocycles. The highest BCUT2D eigenvalue weighted by atomic mass is 16.3. The fourth-order valence-electron chi connectivity index (χ4n) is 3.69. The van der Waals surface area contributed by atoms with Crippen molar-refractivity contribution in [3.05, 3.63) is 65.2 Å². The predicted octanol–water partition coefficient (Wildman–Crippen LogP) is 2.66. The van der Waals surface area contributed by atoms with Crippen LogP contribution in [0.15, 0.2) is 48.5 Å². The molecule has 0 radical (unpaired) electrons. The maximum Gasteiger partial charge on any atom is 0.254 e. The number of nitrogens with zero attached hydrogens (tertiary/aromatic N) is 2. The van der Waals surface area contributed by atoms with Crippen molar-refractivity contribution >= 4 is 22.7 Å². The smallest absolute Gasteiger partial charge is 0.254 e. The highest BCUT2D eigenvalue weighted by Gasteiger charge is 2.29. The lowest BCUT2D eigenvalue weighted by molar-refractivity contribution is -0.127. The first-order chi connectivity index (χ1) is 14.0. The molecule has 1 aromatic heterocycles. The van der Waals surface area contributed by atoms with Crippen molar-refractivity contribution in [2.75, 3.05) is 13.1 Å². The Morgan fingerprint density at radius 2 is 1.97 bits per heavy atom. The lowest BCUT2D eigenvalue weighted by atomic mass is 10.0. The van der Waals surface area contributed by atoms with E-state index in [-0.39, 0.29) is 18.4 Å². The molecule has 0 saturated carbocycles. The van der Waals surface area contributed by atoms with Crippen LogP contribution < -0.4 is 5.32 Å². The third-order valence-electron chi connectivity index (χ3n) is 5.39. The number of carbonyl (C=O) groups is 2. The monoisotopic (exact) mass is 389 g/mol. The molecule has 6 nitrogen and oxygen atoms in total. The van der Waals surface area contributed by atoms with Crippen LogP contribution in [0.4, 0.5) is 0 Å². The molecule has 1 aliphatic rings. The Morgan fingerprint density at radius 3 is 2.69 bits per heavy atom. The van der Waals surface area contributed by atoms with E-state index in [1.54, 1.807) is 24.0 Å². The molecule has 1 saturated heterocycles. The van der Waals surface area contributed by atoms with Crippen LogP contribution in [-0.4, -0.2) is 45.9 Å². The van der Waals surface area contributed by atoms with Crippen molar-refractivity contribution in [1.82, 2.24) is 15.2 Å². The lowest BCUT2D eigenvalue weighted by Crippen LogP contribution is -2.55. The van der Waals surface area contributed by atoms with Gasteiger partial charge in [0.25, 0.3) is 5.91 Å². The number of aromatic nitrogens is 1. The minimum Gasteiger partial charge on any atom is -0.392 e. The zero-order valence-electron chi connectivity index (χ0n) is 16.5. The molecule has 4 rings (SSSR count). The number of hydrogen-bond acceptors (Lipinski definition) is 4. The number of aliphatic hydroxyl groups is 1. The summed E-state index contributed by atoms with van der Waals surface area (Å²) in [6.45, 7) is 4.59. The van der Waals surface area contributed by atoms with Crippen LogP contribution in [0.5, 0.6) is 0 Å². The summed E-state index contributed by atoms with van der Waals surface area (Å²) in [6.07, 6.45) is 0. The molecule has 0 bridgehead atoms. The Morgan fingerprint density at radius 1 is 1.21 bits per heavy atom. The second-order valence-corrected chi connectivity index (χ2v) is 7.39. The van der Waals surface area contributed by atoms with E-state index >= 15 is 0 Å². The van der Waals surface area contributed by atoms with Crippen molar-refractivity contribution in [1.29, 1.82) is 0 Å². The summed E-state index contributed by atoms with van der Waals surface area (Å²) in [5.41, 5.74) is 4.78. The number of aliphatic hydroxyl groups excluding tert-OH is 1. The van der Waals surface area contributed by atoms with Crippen LogP contribution in [-0.2, 0) is 11.4 Å². The number of amides is 2. The molecule has 1 fully saturated rings. The highest BCUT2D eigenvalue weighted by molar-refractivity contribution is 5.98. The summed E-state index contributed by atoms with van der Waals surface area (Å²) in [4.78, 5) is 31.0. The van der Waals surface area contributed by atoms with E-state index in [9.17, 15) is 14.7 Å². The summed E-state index contributed by atoms with van der Waals surface area (Å²) in [7, 11) is 0. The van der Waals surface area contributed by atoms with Gasteiger partial charge in [-0.3, -0.25) is 9.59 Å². The summed E-state index contributed by atoms with van der Waals surface area (Å²) < 4.78 is 0. The number of piperazine rings is 1. The maximum absolute atomic E-state index is 12.8. The van der Waals surface area contributed by atoms with E-state index in [4.69, 9.17) is 4.98 Å². The number of fused-ring (bicyclic) bond motifs is 1. The van der Waals surface area contributed by atoms with E-state index < -0.39 is 6.04 Å². The van der Waals surface area contributed by atoms with Gasteiger partial charge in [-0.05, 0) is 43.7 Å². The first-order valence-electron chi connectivity index (χ1n) is 9.68. The molecule has 1 atom stereocenters. The average Bonchev–Trinajstić information content (AvgIpc) is 2.74. The Balaban J connectivity index is 1.67. The summed E-state index contributed by atoms with van der Waals surface area (Å²) in [5.74, 6) is -0.298. The SMILES string of the molecule is Cc1ccc2cc(CO)c(-c3ccc(C(=O)N4CCNC(=O)[C@@H]4C)cc3)nc2c1. The van der Waals surface area contributed by atoms with Crippen LogP contribution in [0.3, 0.4) is 0 Å². The van der Waals surface area contributed by atoms with E-state index in [0.29, 0.717) is 24.3 Å². The minimum atomic E-state index is -0.484. The molecule has 29 heavy (non-hydrogen) atoms. The largest absolute Gasteiger partial charge is 0.392 e. The van der Waals surface area contributed by atoms with E-state index in [2.05, 4.69) is 5.32 Å². The van der Waals surface area contributed by atoms with E-state index in [1.165, 1.54) is 0 Å². The van der Waals surface area contributed by atoms with Crippen LogP contribution in [0, 0.1) is 6.92 Å². The lowest BCUT2D eigenvalue weighted by Gasteiger charge is -2.32. The second kappa shape index (κ2) is 7.64. The maximum atomic E-state index is 12.8. The van der Waals surface area contributed by atoms with Crippen molar-refractivity contribution in [3.63, 3.8) is 0 Å². The fourth-order valence-corrected chi connectivity index (χ4v) is 3.69. The summed E-state index contributed by atoms with van der Waals surface area (Å²) >= 11 is 0. The highest BCUT2D eigenvalue weighted by Crippen LogP contribution is 2.27. The Bertz CT molecular complexity index is 1090. The van der Waals surface area contributed by atoms with Gasteiger partial charge in [0.1, 0.15) is 6.04 Å². The zero-order valence-corrected chi connectivity index (χ0v) is 16.5. The van der Waals surface area contributed by atoms with Gasteiger partial charge in [-0.15, -0.1) is 0 Å².